The summed E-state index contributed by atoms with van der Waals surface area (Å²) in [7, 11) is 3.90. The minimum atomic E-state index is -1.25. The molecular weight excluding hydrogens is 823 g/mol. The summed E-state index contributed by atoms with van der Waals surface area (Å²) in [6, 6.07) is 5.74. The molecule has 0 spiro atoms. The molecule has 0 fully saturated rings. The molecule has 0 aromatic carbocycles. The molecule has 6 heterocycles. The maximum Gasteiger partial charge on any atom is 0.335 e. The van der Waals surface area contributed by atoms with Gasteiger partial charge in [-0.1, -0.05) is 77.7 Å². The van der Waals surface area contributed by atoms with Gasteiger partial charge in [0.05, 0.1) is 77.3 Å². The molecule has 0 radical (unpaired) electrons. The first-order valence-electron chi connectivity index (χ1n) is 23.3. The van der Waals surface area contributed by atoms with Crippen molar-refractivity contribution in [1.82, 2.24) is 24.8 Å². The summed E-state index contributed by atoms with van der Waals surface area (Å²) in [6.45, 7) is 12.2. The molecule has 0 saturated heterocycles. The van der Waals surface area contributed by atoms with E-state index in [9.17, 15) is 19.2 Å². The van der Waals surface area contributed by atoms with Gasteiger partial charge < -0.3 is 24.2 Å². The SMILES string of the molecule is CCCCCCCCCCCCN1C(=O)c2c3nc(cc4[nH]c(cc5nc(cc6[nH]c2c(c6C)C1=O)C(CC)=C5C)C1=CCC(C(=O)OC)=C(C(=O)OC)C14C)C(C)=C3CCC(=O)OC. The second-order valence-electron chi connectivity index (χ2n) is 17.8. The van der Waals surface area contributed by atoms with Crippen LogP contribution >= 0.6 is 0 Å². The van der Waals surface area contributed by atoms with Crippen LogP contribution in [0.15, 0.2) is 35.4 Å². The van der Waals surface area contributed by atoms with Crippen LogP contribution in [0.5, 0.6) is 0 Å². The molecule has 2 aromatic rings. The van der Waals surface area contributed by atoms with Crippen molar-refractivity contribution in [3.05, 3.63) is 86.3 Å². The molecule has 2 aromatic heterocycles. The quantitative estimate of drug-likeness (QED) is 0.0673. The van der Waals surface area contributed by atoms with Gasteiger partial charge in [-0.15, -0.1) is 0 Å². The normalized spacial score (nSPS) is 17.4. The molecule has 2 N–H and O–H groups in total. The highest BCUT2D eigenvalue weighted by atomic mass is 16.5. The van der Waals surface area contributed by atoms with Gasteiger partial charge in [-0.3, -0.25) is 19.3 Å². The van der Waals surface area contributed by atoms with Crippen LogP contribution in [0.4, 0.5) is 0 Å². The van der Waals surface area contributed by atoms with Gasteiger partial charge in [-0.2, -0.15) is 0 Å². The molecule has 5 aliphatic rings. The number of aromatic nitrogens is 4. The topological polar surface area (TPSA) is 174 Å². The zero-order chi connectivity index (χ0) is 46.7. The van der Waals surface area contributed by atoms with Crippen molar-refractivity contribution in [1.29, 1.82) is 0 Å². The molecular formula is C52H63N5O8. The van der Waals surface area contributed by atoms with Crippen molar-refractivity contribution in [3.63, 3.8) is 0 Å². The number of unbranched alkanes of at least 4 members (excludes halogenated alkanes) is 9. The van der Waals surface area contributed by atoms with E-state index < -0.39 is 29.2 Å². The second kappa shape index (κ2) is 19.6. The fourth-order valence-electron chi connectivity index (χ4n) is 10.2. The first kappa shape index (κ1) is 46.9. The van der Waals surface area contributed by atoms with Crippen LogP contribution < -0.4 is 0 Å². The summed E-state index contributed by atoms with van der Waals surface area (Å²) in [6.07, 6.45) is 14.1. The predicted octanol–water partition coefficient (Wildman–Crippen LogP) is 10.5. The number of ether oxygens (including phenoxy) is 3. The van der Waals surface area contributed by atoms with Crippen LogP contribution in [-0.4, -0.2) is 82.4 Å². The van der Waals surface area contributed by atoms with Crippen LogP contribution in [-0.2, 0) is 34.0 Å². The summed E-state index contributed by atoms with van der Waals surface area (Å²) in [5.74, 6) is -2.58. The van der Waals surface area contributed by atoms with E-state index in [2.05, 4.69) is 23.8 Å². The summed E-state index contributed by atoms with van der Waals surface area (Å²) in [5.41, 5.74) is 8.94. The zero-order valence-electron chi connectivity index (χ0n) is 39.5. The Labute approximate surface area is 381 Å². The van der Waals surface area contributed by atoms with E-state index in [0.29, 0.717) is 80.3 Å². The number of hydrogen-bond acceptors (Lipinski definition) is 10. The molecule has 1 unspecified atom stereocenters. The fourth-order valence-corrected chi connectivity index (χ4v) is 10.2. The van der Waals surface area contributed by atoms with E-state index in [1.54, 1.807) is 0 Å². The van der Waals surface area contributed by atoms with Gasteiger partial charge in [-0.05, 0) is 105 Å². The van der Waals surface area contributed by atoms with E-state index in [-0.39, 0.29) is 48.4 Å². The molecule has 344 valence electrons. The average Bonchev–Trinajstić information content (AvgIpc) is 3.97. The van der Waals surface area contributed by atoms with Crippen molar-refractivity contribution >= 4 is 68.6 Å². The number of allylic oxidation sites excluding steroid dienone is 6. The van der Waals surface area contributed by atoms with Gasteiger partial charge in [0.15, 0.2) is 0 Å². The Balaban J connectivity index is 1.48. The Morgan fingerprint density at radius 2 is 1.37 bits per heavy atom. The fraction of sp³-hybridized carbons (Fsp3) is 0.481. The lowest BCUT2D eigenvalue weighted by atomic mass is 9.68. The number of methoxy groups -OCH3 is 3. The third kappa shape index (κ3) is 8.50. The molecule has 0 saturated carbocycles. The molecule has 65 heavy (non-hydrogen) atoms. The van der Waals surface area contributed by atoms with Crippen LogP contribution in [0, 0.1) is 6.92 Å². The van der Waals surface area contributed by atoms with Crippen molar-refractivity contribution in [2.45, 2.75) is 137 Å². The Morgan fingerprint density at radius 3 is 2.02 bits per heavy atom. The molecule has 1 aliphatic carbocycles. The van der Waals surface area contributed by atoms with Crippen molar-refractivity contribution in [3.8, 4) is 0 Å². The van der Waals surface area contributed by atoms with Gasteiger partial charge in [0, 0.05) is 29.9 Å². The molecule has 13 nitrogen and oxygen atoms in total. The van der Waals surface area contributed by atoms with Gasteiger partial charge in [0.1, 0.15) is 0 Å². The van der Waals surface area contributed by atoms with E-state index in [1.807, 2.05) is 52.0 Å². The number of carbonyl (C=O) groups is 5. The van der Waals surface area contributed by atoms with E-state index >= 15 is 4.79 Å². The van der Waals surface area contributed by atoms with Crippen molar-refractivity contribution in [2.24, 2.45) is 0 Å². The lowest BCUT2D eigenvalue weighted by Crippen LogP contribution is -2.41. The van der Waals surface area contributed by atoms with Crippen LogP contribution in [0.2, 0.25) is 0 Å². The standard InChI is InChI=1S/C52H63N5O8/c1-10-12-13-14-15-16-17-18-19-20-25-57-48(59)43-31(5)37-26-39-32(11-2)29(3)36(53-39)27-40-35-23-21-34(50(61)64-8)45(51(62)65-9)52(35,6)41(54-40)28-38-30(4)33(22-24-42(58)63-7)46(55-38)44(49(57)60)47(43)56-37/h23,26-28,54,56H,10-22,24-25H2,1-9H3. The summed E-state index contributed by atoms with van der Waals surface area (Å²) < 4.78 is 15.6. The highest BCUT2D eigenvalue weighted by Gasteiger charge is 2.49. The van der Waals surface area contributed by atoms with Crippen LogP contribution in [0.25, 0.3) is 38.9 Å². The molecule has 13 heteroatoms. The number of imide groups is 1. The lowest BCUT2D eigenvalue weighted by Gasteiger charge is -2.33. The molecule has 1 atom stereocenters. The number of nitrogens with zero attached hydrogens (tertiary/aromatic N) is 3. The number of fused-ring (bicyclic) bond motifs is 11. The first-order chi connectivity index (χ1) is 31.2. The summed E-state index contributed by atoms with van der Waals surface area (Å²) >= 11 is 0. The minimum absolute atomic E-state index is 0.0156. The minimum Gasteiger partial charge on any atom is -0.469 e. The number of carbonyl (C=O) groups excluding carboxylic acids is 5. The number of aryl methyl sites for hydroxylation is 1. The van der Waals surface area contributed by atoms with E-state index in [4.69, 9.17) is 24.2 Å². The Hall–Kier alpha value is -6.11. The van der Waals surface area contributed by atoms with E-state index in [1.165, 1.54) is 64.8 Å². The lowest BCUT2D eigenvalue weighted by molar-refractivity contribution is -0.140. The van der Waals surface area contributed by atoms with Crippen molar-refractivity contribution in [2.75, 3.05) is 27.9 Å². The number of esters is 3. The number of rotatable bonds is 17. The van der Waals surface area contributed by atoms with Gasteiger partial charge in [0.2, 0.25) is 0 Å². The number of H-pyrrole nitrogens is 2. The first-order valence-corrected chi connectivity index (χ1v) is 23.3. The van der Waals surface area contributed by atoms with Gasteiger partial charge in [-0.25, -0.2) is 19.6 Å². The van der Waals surface area contributed by atoms with Gasteiger partial charge >= 0.3 is 17.9 Å². The third-order valence-corrected chi connectivity index (χ3v) is 13.9. The number of aromatic amines is 2. The highest BCUT2D eigenvalue weighted by molar-refractivity contribution is 6.24. The third-order valence-electron chi connectivity index (χ3n) is 13.9. The van der Waals surface area contributed by atoms with Crippen LogP contribution in [0.1, 0.15) is 185 Å². The number of nitrogens with one attached hydrogen (secondary N) is 2. The van der Waals surface area contributed by atoms with Crippen LogP contribution in [0.3, 0.4) is 0 Å². The molecule has 8 bridgehead atoms. The Kier molecular flexibility index (Phi) is 14.1. The summed E-state index contributed by atoms with van der Waals surface area (Å²) in [4.78, 5) is 88.7. The Bertz CT molecular complexity index is 2670. The highest BCUT2D eigenvalue weighted by Crippen LogP contribution is 2.52. The van der Waals surface area contributed by atoms with Gasteiger partial charge in [0.25, 0.3) is 11.8 Å². The molecule has 4 aliphatic heterocycles. The Morgan fingerprint density at radius 1 is 0.738 bits per heavy atom. The average molecular weight is 886 g/mol. The summed E-state index contributed by atoms with van der Waals surface area (Å²) in [5, 5.41) is 0. The number of hydrogen-bond donors (Lipinski definition) is 2. The molecule has 7 rings (SSSR count). The predicted molar refractivity (Wildman–Crippen MR) is 252 cm³/mol. The maximum atomic E-state index is 15.1. The molecule has 2 amide bonds. The second-order valence-corrected chi connectivity index (χ2v) is 17.8. The monoisotopic (exact) mass is 885 g/mol. The number of amides is 2. The maximum absolute atomic E-state index is 15.1. The smallest absolute Gasteiger partial charge is 0.335 e. The van der Waals surface area contributed by atoms with Crippen molar-refractivity contribution < 1.29 is 38.2 Å². The van der Waals surface area contributed by atoms with E-state index in [0.717, 1.165) is 36.0 Å². The zero-order valence-corrected chi connectivity index (χ0v) is 39.5. The largest absolute Gasteiger partial charge is 0.469 e.